The molecule has 2 aromatic rings. The molecule has 0 spiro atoms. The Morgan fingerprint density at radius 2 is 1.92 bits per heavy atom. The van der Waals surface area contributed by atoms with Crippen LogP contribution in [0.5, 0.6) is 5.75 Å². The SMILES string of the molecule is CC(=O)Nc1ccc(C(=O)N/N=C\c2ccccc2OCC#N)cc1. The number of nitrogens with zero attached hydrogens (tertiary/aromatic N) is 2. The van der Waals surface area contributed by atoms with Crippen molar-refractivity contribution in [3.63, 3.8) is 0 Å². The van der Waals surface area contributed by atoms with Gasteiger partial charge in [-0.05, 0) is 36.4 Å². The summed E-state index contributed by atoms with van der Waals surface area (Å²) >= 11 is 0. The van der Waals surface area contributed by atoms with Crippen molar-refractivity contribution in [1.29, 1.82) is 5.26 Å². The van der Waals surface area contributed by atoms with Gasteiger partial charge in [-0.2, -0.15) is 10.4 Å². The maximum absolute atomic E-state index is 12.0. The fourth-order valence-electron chi connectivity index (χ4n) is 1.96. The number of hydrogen-bond acceptors (Lipinski definition) is 5. The summed E-state index contributed by atoms with van der Waals surface area (Å²) in [6.45, 7) is 1.34. The van der Waals surface area contributed by atoms with Gasteiger partial charge in [0, 0.05) is 23.7 Å². The third kappa shape index (κ3) is 5.48. The van der Waals surface area contributed by atoms with Crippen LogP contribution in [0.25, 0.3) is 0 Å². The molecule has 2 aromatic carbocycles. The summed E-state index contributed by atoms with van der Waals surface area (Å²) in [4.78, 5) is 23.0. The molecular weight excluding hydrogens is 320 g/mol. The number of ether oxygens (including phenoxy) is 1. The quantitative estimate of drug-likeness (QED) is 0.624. The lowest BCUT2D eigenvalue weighted by atomic mass is 10.2. The number of hydrazone groups is 1. The number of hydrogen-bond donors (Lipinski definition) is 2. The third-order valence-corrected chi connectivity index (χ3v) is 3.05. The van der Waals surface area contributed by atoms with Gasteiger partial charge in [-0.3, -0.25) is 9.59 Å². The highest BCUT2D eigenvalue weighted by Gasteiger charge is 2.05. The summed E-state index contributed by atoms with van der Waals surface area (Å²) in [6.07, 6.45) is 1.44. The van der Waals surface area contributed by atoms with Crippen molar-refractivity contribution in [1.82, 2.24) is 5.43 Å². The van der Waals surface area contributed by atoms with Gasteiger partial charge >= 0.3 is 0 Å². The molecule has 0 radical (unpaired) electrons. The Kier molecular flexibility index (Phi) is 6.25. The highest BCUT2D eigenvalue weighted by molar-refractivity contribution is 5.96. The molecule has 0 saturated heterocycles. The molecule has 7 heteroatoms. The number of benzene rings is 2. The predicted octanol–water partition coefficient (Wildman–Crippen LogP) is 2.31. The van der Waals surface area contributed by atoms with Crippen LogP contribution in [0.4, 0.5) is 5.69 Å². The first kappa shape index (κ1) is 17.7. The van der Waals surface area contributed by atoms with E-state index in [1.165, 1.54) is 13.1 Å². The van der Waals surface area contributed by atoms with Gasteiger partial charge in [0.05, 0.1) is 6.21 Å². The van der Waals surface area contributed by atoms with Gasteiger partial charge in [0.15, 0.2) is 6.61 Å². The number of anilines is 1. The van der Waals surface area contributed by atoms with Crippen LogP contribution in [0.2, 0.25) is 0 Å². The molecule has 0 saturated carbocycles. The van der Waals surface area contributed by atoms with Gasteiger partial charge < -0.3 is 10.1 Å². The van der Waals surface area contributed by atoms with Crippen LogP contribution in [0.1, 0.15) is 22.8 Å². The minimum atomic E-state index is -0.388. The van der Waals surface area contributed by atoms with Crippen molar-refractivity contribution in [2.45, 2.75) is 6.92 Å². The Morgan fingerprint density at radius 1 is 1.20 bits per heavy atom. The second-order valence-corrected chi connectivity index (χ2v) is 4.94. The van der Waals surface area contributed by atoms with Crippen molar-refractivity contribution in [3.05, 3.63) is 59.7 Å². The monoisotopic (exact) mass is 336 g/mol. The molecule has 0 aliphatic carbocycles. The van der Waals surface area contributed by atoms with Gasteiger partial charge in [-0.1, -0.05) is 12.1 Å². The van der Waals surface area contributed by atoms with Crippen LogP contribution in [-0.2, 0) is 4.79 Å². The zero-order valence-corrected chi connectivity index (χ0v) is 13.5. The Balaban J connectivity index is 1.99. The van der Waals surface area contributed by atoms with E-state index in [-0.39, 0.29) is 18.4 Å². The second kappa shape index (κ2) is 8.84. The maximum Gasteiger partial charge on any atom is 0.271 e. The van der Waals surface area contributed by atoms with Crippen molar-refractivity contribution in [3.8, 4) is 11.8 Å². The number of rotatable bonds is 6. The number of para-hydroxylation sites is 1. The number of carbonyl (C=O) groups excluding carboxylic acids is 2. The first-order chi connectivity index (χ1) is 12.1. The topological polar surface area (TPSA) is 104 Å². The van der Waals surface area contributed by atoms with Crippen LogP contribution >= 0.6 is 0 Å². The summed E-state index contributed by atoms with van der Waals surface area (Å²) in [5.74, 6) is -0.0677. The lowest BCUT2D eigenvalue weighted by Gasteiger charge is -2.05. The smallest absolute Gasteiger partial charge is 0.271 e. The fraction of sp³-hybridized carbons (Fsp3) is 0.111. The average molecular weight is 336 g/mol. The van der Waals surface area contributed by atoms with Crippen LogP contribution in [0.3, 0.4) is 0 Å². The van der Waals surface area contributed by atoms with Crippen molar-refractivity contribution in [2.24, 2.45) is 5.10 Å². The number of carbonyl (C=O) groups is 2. The van der Waals surface area contributed by atoms with Crippen LogP contribution in [0.15, 0.2) is 53.6 Å². The van der Waals surface area contributed by atoms with Crippen LogP contribution in [0, 0.1) is 11.3 Å². The van der Waals surface area contributed by atoms with Crippen molar-refractivity contribution in [2.75, 3.05) is 11.9 Å². The van der Waals surface area contributed by atoms with Gasteiger partial charge in [-0.25, -0.2) is 5.43 Å². The first-order valence-corrected chi connectivity index (χ1v) is 7.40. The number of nitriles is 1. The van der Waals surface area contributed by atoms with E-state index in [2.05, 4.69) is 15.8 Å². The summed E-state index contributed by atoms with van der Waals surface area (Å²) in [5.41, 5.74) is 4.06. The number of nitrogens with one attached hydrogen (secondary N) is 2. The molecule has 2 rings (SSSR count). The summed E-state index contributed by atoms with van der Waals surface area (Å²) in [5, 5.41) is 15.1. The summed E-state index contributed by atoms with van der Waals surface area (Å²) in [7, 11) is 0. The Labute approximate surface area is 144 Å². The molecule has 0 atom stereocenters. The fourth-order valence-corrected chi connectivity index (χ4v) is 1.96. The minimum absolute atomic E-state index is 0.0716. The molecule has 2 N–H and O–H groups in total. The van der Waals surface area contributed by atoms with E-state index in [1.807, 2.05) is 6.07 Å². The molecule has 7 nitrogen and oxygen atoms in total. The largest absolute Gasteiger partial charge is 0.478 e. The molecule has 0 aliphatic heterocycles. The number of amides is 2. The third-order valence-electron chi connectivity index (χ3n) is 3.05. The van der Waals surface area contributed by atoms with Gasteiger partial charge in [-0.15, -0.1) is 0 Å². The van der Waals surface area contributed by atoms with E-state index in [0.717, 1.165) is 0 Å². The van der Waals surface area contributed by atoms with E-state index < -0.39 is 0 Å². The Morgan fingerprint density at radius 3 is 2.60 bits per heavy atom. The highest BCUT2D eigenvalue weighted by atomic mass is 16.5. The Bertz CT molecular complexity index is 823. The van der Waals surface area contributed by atoms with Gasteiger partial charge in [0.25, 0.3) is 5.91 Å². The summed E-state index contributed by atoms with van der Waals surface area (Å²) in [6, 6.07) is 15.4. The Hall–Kier alpha value is -3.66. The molecule has 0 heterocycles. The van der Waals surface area contributed by atoms with E-state index in [9.17, 15) is 9.59 Å². The molecule has 2 amide bonds. The normalized spacial score (nSPS) is 10.1. The molecule has 0 bridgehead atoms. The average Bonchev–Trinajstić information content (AvgIpc) is 2.61. The van der Waals surface area contributed by atoms with E-state index in [0.29, 0.717) is 22.6 Å². The zero-order valence-electron chi connectivity index (χ0n) is 13.5. The van der Waals surface area contributed by atoms with Crippen molar-refractivity contribution < 1.29 is 14.3 Å². The van der Waals surface area contributed by atoms with E-state index in [1.54, 1.807) is 48.5 Å². The lowest BCUT2D eigenvalue weighted by Crippen LogP contribution is -2.17. The standard InChI is InChI=1S/C18H16N4O3/c1-13(23)21-16-8-6-14(7-9-16)18(24)22-20-12-15-4-2-3-5-17(15)25-11-10-19/h2-9,12H,11H2,1H3,(H,21,23)(H,22,24)/b20-12-. The molecule has 0 unspecified atom stereocenters. The second-order valence-electron chi connectivity index (χ2n) is 4.94. The lowest BCUT2D eigenvalue weighted by molar-refractivity contribution is -0.114. The molecule has 0 fully saturated rings. The van der Waals surface area contributed by atoms with Gasteiger partial charge in [0.1, 0.15) is 11.8 Å². The van der Waals surface area contributed by atoms with Crippen molar-refractivity contribution >= 4 is 23.7 Å². The van der Waals surface area contributed by atoms with Gasteiger partial charge in [0.2, 0.25) is 5.91 Å². The van der Waals surface area contributed by atoms with E-state index >= 15 is 0 Å². The molecule has 25 heavy (non-hydrogen) atoms. The molecule has 126 valence electrons. The molecule has 0 aromatic heterocycles. The zero-order chi connectivity index (χ0) is 18.1. The first-order valence-electron chi connectivity index (χ1n) is 7.40. The molecular formula is C18H16N4O3. The molecule has 0 aliphatic rings. The minimum Gasteiger partial charge on any atom is -0.478 e. The van der Waals surface area contributed by atoms with Crippen LogP contribution in [-0.4, -0.2) is 24.6 Å². The van der Waals surface area contributed by atoms with E-state index in [4.69, 9.17) is 10.00 Å². The van der Waals surface area contributed by atoms with Crippen LogP contribution < -0.4 is 15.5 Å². The maximum atomic E-state index is 12.0. The summed E-state index contributed by atoms with van der Waals surface area (Å²) < 4.78 is 5.27. The predicted molar refractivity (Wildman–Crippen MR) is 93.4 cm³/mol. The highest BCUT2D eigenvalue weighted by Crippen LogP contribution is 2.15.